The first-order valence-corrected chi connectivity index (χ1v) is 6.83. The zero-order chi connectivity index (χ0) is 15.8. The molecule has 0 atom stereocenters. The zero-order valence-electron chi connectivity index (χ0n) is 11.6. The van der Waals surface area contributed by atoms with E-state index in [1.54, 1.807) is 24.3 Å². The molecule has 0 aliphatic heterocycles. The highest BCUT2D eigenvalue weighted by atomic mass is 35.5. The minimum Gasteiger partial charge on any atom is -0.489 e. The Bertz CT molecular complexity index is 721. The number of anilines is 1. The monoisotopic (exact) mass is 309 g/mol. The Labute approximate surface area is 133 Å². The summed E-state index contributed by atoms with van der Waals surface area (Å²) in [5.41, 5.74) is 1.81. The van der Waals surface area contributed by atoms with Gasteiger partial charge in [0.25, 0.3) is 0 Å². The second-order valence-electron chi connectivity index (χ2n) is 4.37. The molecule has 0 heterocycles. The van der Waals surface area contributed by atoms with E-state index in [-0.39, 0.29) is 5.57 Å². The van der Waals surface area contributed by atoms with Gasteiger partial charge in [-0.1, -0.05) is 23.7 Å². The third-order valence-corrected chi connectivity index (χ3v) is 3.05. The number of halogens is 1. The van der Waals surface area contributed by atoms with Gasteiger partial charge in [0.1, 0.15) is 30.1 Å². The lowest BCUT2D eigenvalue weighted by Crippen LogP contribution is -1.95. The lowest BCUT2D eigenvalue weighted by Gasteiger charge is -2.07. The predicted molar refractivity (Wildman–Crippen MR) is 85.2 cm³/mol. The molecule has 0 saturated heterocycles. The average Bonchev–Trinajstić information content (AvgIpc) is 2.56. The summed E-state index contributed by atoms with van der Waals surface area (Å²) in [4.78, 5) is 0. The predicted octanol–water partition coefficient (Wildman–Crippen LogP) is 4.26. The number of rotatable bonds is 5. The summed E-state index contributed by atoms with van der Waals surface area (Å²) in [5, 5.41) is 20.8. The van der Waals surface area contributed by atoms with Gasteiger partial charge in [-0.3, -0.25) is 0 Å². The third-order valence-electron chi connectivity index (χ3n) is 2.80. The summed E-state index contributed by atoms with van der Waals surface area (Å²) in [5.74, 6) is 0.727. The number of benzene rings is 2. The topological polar surface area (TPSA) is 68.8 Å². The number of nitrogens with one attached hydrogen (secondary N) is 1. The molecule has 0 spiro atoms. The second-order valence-corrected chi connectivity index (χ2v) is 4.80. The van der Waals surface area contributed by atoms with Crippen molar-refractivity contribution in [3.63, 3.8) is 0 Å². The Morgan fingerprint density at radius 2 is 1.68 bits per heavy atom. The van der Waals surface area contributed by atoms with E-state index in [4.69, 9.17) is 26.9 Å². The highest BCUT2D eigenvalue weighted by Gasteiger charge is 1.98. The van der Waals surface area contributed by atoms with Gasteiger partial charge < -0.3 is 10.1 Å². The van der Waals surface area contributed by atoms with Crippen molar-refractivity contribution in [3.8, 4) is 17.9 Å². The van der Waals surface area contributed by atoms with E-state index in [9.17, 15) is 0 Å². The fourth-order valence-electron chi connectivity index (χ4n) is 1.64. The molecule has 2 rings (SSSR count). The van der Waals surface area contributed by atoms with E-state index in [1.165, 1.54) is 6.20 Å². The van der Waals surface area contributed by atoms with E-state index in [0.717, 1.165) is 17.0 Å². The molecule has 0 aliphatic rings. The summed E-state index contributed by atoms with van der Waals surface area (Å²) in [6.07, 6.45) is 1.36. The van der Waals surface area contributed by atoms with Crippen molar-refractivity contribution < 1.29 is 4.74 Å². The Hall–Kier alpha value is -2.95. The first-order chi connectivity index (χ1) is 10.7. The third kappa shape index (κ3) is 4.56. The normalized spacial score (nSPS) is 9.23. The number of ether oxygens (including phenoxy) is 1. The quantitative estimate of drug-likeness (QED) is 0.838. The van der Waals surface area contributed by atoms with Gasteiger partial charge >= 0.3 is 0 Å². The minimum atomic E-state index is 0.0167. The van der Waals surface area contributed by atoms with E-state index in [2.05, 4.69) is 5.32 Å². The van der Waals surface area contributed by atoms with Crippen LogP contribution in [0.3, 0.4) is 0 Å². The zero-order valence-corrected chi connectivity index (χ0v) is 12.3. The van der Waals surface area contributed by atoms with Crippen molar-refractivity contribution in [3.05, 3.63) is 70.9 Å². The molecule has 0 saturated carbocycles. The molecule has 4 nitrogen and oxygen atoms in total. The largest absolute Gasteiger partial charge is 0.489 e. The summed E-state index contributed by atoms with van der Waals surface area (Å²) >= 11 is 5.83. The molecule has 2 aromatic carbocycles. The summed E-state index contributed by atoms with van der Waals surface area (Å²) in [7, 11) is 0. The van der Waals surface area contributed by atoms with Crippen molar-refractivity contribution in [1.82, 2.24) is 0 Å². The van der Waals surface area contributed by atoms with Crippen LogP contribution in [-0.4, -0.2) is 0 Å². The summed E-state index contributed by atoms with van der Waals surface area (Å²) < 4.78 is 5.66. The molecule has 0 radical (unpaired) electrons. The molecule has 0 amide bonds. The lowest BCUT2D eigenvalue weighted by molar-refractivity contribution is 0.306. The average molecular weight is 310 g/mol. The first-order valence-electron chi connectivity index (χ1n) is 6.45. The molecular formula is C17H12ClN3O. The molecular weight excluding hydrogens is 298 g/mol. The van der Waals surface area contributed by atoms with Gasteiger partial charge in [0.2, 0.25) is 0 Å². The molecule has 5 heteroatoms. The number of hydrogen-bond donors (Lipinski definition) is 1. The van der Waals surface area contributed by atoms with Crippen LogP contribution in [0.4, 0.5) is 5.69 Å². The van der Waals surface area contributed by atoms with Crippen molar-refractivity contribution in [2.45, 2.75) is 6.61 Å². The first kappa shape index (κ1) is 15.4. The molecule has 0 unspecified atom stereocenters. The fourth-order valence-corrected chi connectivity index (χ4v) is 1.77. The van der Waals surface area contributed by atoms with Crippen LogP contribution in [0.2, 0.25) is 5.02 Å². The molecule has 1 N–H and O–H groups in total. The SMILES string of the molecule is N#CC(C#N)=CNc1ccc(OCc2ccc(Cl)cc2)cc1. The second kappa shape index (κ2) is 7.73. The van der Waals surface area contributed by atoms with Gasteiger partial charge in [-0.15, -0.1) is 0 Å². The van der Waals surface area contributed by atoms with Crippen LogP contribution in [0.15, 0.2) is 60.3 Å². The maximum atomic E-state index is 8.63. The minimum absolute atomic E-state index is 0.0167. The Kier molecular flexibility index (Phi) is 5.43. The van der Waals surface area contributed by atoms with Crippen LogP contribution >= 0.6 is 11.6 Å². The molecule has 0 bridgehead atoms. The van der Waals surface area contributed by atoms with E-state index >= 15 is 0 Å². The molecule has 22 heavy (non-hydrogen) atoms. The van der Waals surface area contributed by atoms with Crippen LogP contribution in [0.25, 0.3) is 0 Å². The van der Waals surface area contributed by atoms with Crippen molar-refractivity contribution in [2.24, 2.45) is 0 Å². The maximum absolute atomic E-state index is 8.63. The molecule has 0 fully saturated rings. The molecule has 2 aromatic rings. The van der Waals surface area contributed by atoms with E-state index < -0.39 is 0 Å². The maximum Gasteiger partial charge on any atom is 0.145 e. The molecule has 0 aromatic heterocycles. The number of nitrogens with zero attached hydrogens (tertiary/aromatic N) is 2. The summed E-state index contributed by atoms with van der Waals surface area (Å²) in [6, 6.07) is 18.3. The van der Waals surface area contributed by atoms with E-state index in [0.29, 0.717) is 11.6 Å². The number of nitriles is 2. The fraction of sp³-hybridized carbons (Fsp3) is 0.0588. The smallest absolute Gasteiger partial charge is 0.145 e. The number of allylic oxidation sites excluding steroid dienone is 1. The van der Waals surface area contributed by atoms with Gasteiger partial charge in [0.15, 0.2) is 0 Å². The van der Waals surface area contributed by atoms with Gasteiger partial charge in [0.05, 0.1) is 0 Å². The lowest BCUT2D eigenvalue weighted by atomic mass is 10.2. The Morgan fingerprint density at radius 1 is 1.05 bits per heavy atom. The van der Waals surface area contributed by atoms with Crippen LogP contribution < -0.4 is 10.1 Å². The highest BCUT2D eigenvalue weighted by Crippen LogP contribution is 2.18. The van der Waals surface area contributed by atoms with Crippen LogP contribution in [0.1, 0.15) is 5.56 Å². The van der Waals surface area contributed by atoms with E-state index in [1.807, 2.05) is 36.4 Å². The Balaban J connectivity index is 1.92. The number of hydrogen-bond acceptors (Lipinski definition) is 4. The van der Waals surface area contributed by atoms with Crippen molar-refractivity contribution >= 4 is 17.3 Å². The van der Waals surface area contributed by atoms with Gasteiger partial charge in [0, 0.05) is 16.9 Å². The van der Waals surface area contributed by atoms with Gasteiger partial charge in [-0.2, -0.15) is 10.5 Å². The standard InChI is InChI=1S/C17H12ClN3O/c18-15-3-1-13(2-4-15)12-22-17-7-5-16(6-8-17)21-11-14(9-19)10-20/h1-8,11,21H,12H2. The van der Waals surface area contributed by atoms with Crippen LogP contribution in [-0.2, 0) is 6.61 Å². The summed E-state index contributed by atoms with van der Waals surface area (Å²) in [6.45, 7) is 0.455. The van der Waals surface area contributed by atoms with Crippen molar-refractivity contribution in [2.75, 3.05) is 5.32 Å². The Morgan fingerprint density at radius 3 is 2.27 bits per heavy atom. The highest BCUT2D eigenvalue weighted by molar-refractivity contribution is 6.30. The van der Waals surface area contributed by atoms with Crippen molar-refractivity contribution in [1.29, 1.82) is 10.5 Å². The van der Waals surface area contributed by atoms with Gasteiger partial charge in [-0.25, -0.2) is 0 Å². The molecule has 108 valence electrons. The van der Waals surface area contributed by atoms with Gasteiger partial charge in [-0.05, 0) is 42.0 Å². The molecule has 0 aliphatic carbocycles. The van der Waals surface area contributed by atoms with Crippen LogP contribution in [0, 0.1) is 22.7 Å². The van der Waals surface area contributed by atoms with Crippen LogP contribution in [0.5, 0.6) is 5.75 Å².